The summed E-state index contributed by atoms with van der Waals surface area (Å²) in [5.41, 5.74) is 4.33. The minimum atomic E-state index is -0.446. The molecule has 106 valence electrons. The first-order valence-electron chi connectivity index (χ1n) is 6.43. The lowest BCUT2D eigenvalue weighted by Crippen LogP contribution is -2.29. The highest BCUT2D eigenvalue weighted by atomic mass is 16.6. The molecule has 1 N–H and O–H groups in total. The molecule has 2 rings (SSSR count). The molecule has 0 heterocycles. The van der Waals surface area contributed by atoms with Gasteiger partial charge in [-0.3, -0.25) is 20.3 Å². The van der Waals surface area contributed by atoms with Gasteiger partial charge in [0.15, 0.2) is 0 Å². The number of benzene rings is 1. The van der Waals surface area contributed by atoms with E-state index in [0.717, 1.165) is 12.1 Å². The number of non-ortho nitro benzene ring substituents is 1. The van der Waals surface area contributed by atoms with Crippen LogP contribution in [0.1, 0.15) is 33.1 Å². The Bertz CT molecular complexity index is 562. The average molecular weight is 275 g/mol. The molecule has 6 heteroatoms. The Morgan fingerprint density at radius 2 is 1.90 bits per heavy atom. The molecule has 1 aromatic carbocycles. The third kappa shape index (κ3) is 3.63. The third-order valence-corrected chi connectivity index (χ3v) is 3.18. The second-order valence-electron chi connectivity index (χ2n) is 5.83. The van der Waals surface area contributed by atoms with Gasteiger partial charge in [-0.1, -0.05) is 13.8 Å². The fourth-order valence-corrected chi connectivity index (χ4v) is 2.38. The van der Waals surface area contributed by atoms with Gasteiger partial charge in [0.2, 0.25) is 0 Å². The third-order valence-electron chi connectivity index (χ3n) is 3.18. The number of anilines is 1. The van der Waals surface area contributed by atoms with Crippen molar-refractivity contribution < 1.29 is 9.72 Å². The molecule has 0 radical (unpaired) electrons. The van der Waals surface area contributed by atoms with Crippen molar-refractivity contribution in [3.63, 3.8) is 0 Å². The molecule has 6 nitrogen and oxygen atoms in total. The molecule has 0 aromatic heterocycles. The number of hydrogen-bond acceptors (Lipinski definition) is 5. The molecule has 0 saturated heterocycles. The second kappa shape index (κ2) is 5.40. The molecule has 0 aliphatic heterocycles. The van der Waals surface area contributed by atoms with E-state index in [9.17, 15) is 14.9 Å². The zero-order valence-electron chi connectivity index (χ0n) is 11.5. The van der Waals surface area contributed by atoms with Crippen LogP contribution >= 0.6 is 0 Å². The molecular weight excluding hydrogens is 258 g/mol. The topological polar surface area (TPSA) is 84.6 Å². The first-order valence-corrected chi connectivity index (χ1v) is 6.43. The van der Waals surface area contributed by atoms with E-state index in [1.54, 1.807) is 12.1 Å². The maximum absolute atomic E-state index is 11.6. The maximum atomic E-state index is 11.6. The van der Waals surface area contributed by atoms with Gasteiger partial charge in [-0.05, 0) is 24.0 Å². The summed E-state index contributed by atoms with van der Waals surface area (Å²) < 4.78 is 0. The largest absolute Gasteiger partial charge is 0.299 e. The van der Waals surface area contributed by atoms with Crippen molar-refractivity contribution in [1.29, 1.82) is 0 Å². The van der Waals surface area contributed by atoms with Crippen LogP contribution in [0.4, 0.5) is 11.4 Å². The lowest BCUT2D eigenvalue weighted by Gasteiger charge is -2.29. The van der Waals surface area contributed by atoms with Gasteiger partial charge in [-0.2, -0.15) is 5.10 Å². The first kappa shape index (κ1) is 14.2. The van der Waals surface area contributed by atoms with Gasteiger partial charge in [0.1, 0.15) is 5.78 Å². The fourth-order valence-electron chi connectivity index (χ4n) is 2.38. The molecule has 1 saturated carbocycles. The number of nitrogens with zero attached hydrogens (tertiary/aromatic N) is 2. The Morgan fingerprint density at radius 1 is 1.25 bits per heavy atom. The Morgan fingerprint density at radius 3 is 2.45 bits per heavy atom. The van der Waals surface area contributed by atoms with E-state index in [1.807, 2.05) is 13.8 Å². The lowest BCUT2D eigenvalue weighted by atomic mass is 9.76. The molecule has 0 atom stereocenters. The van der Waals surface area contributed by atoms with Crippen LogP contribution in [0.5, 0.6) is 0 Å². The summed E-state index contributed by atoms with van der Waals surface area (Å²) in [6, 6.07) is 6.02. The SMILES string of the molecule is CC1(C)CC(=O)C/C(=N/Nc2ccc([N+](=O)[O-])cc2)C1. The van der Waals surface area contributed by atoms with E-state index >= 15 is 0 Å². The molecule has 0 unspecified atom stereocenters. The minimum absolute atomic E-state index is 0.0391. The van der Waals surface area contributed by atoms with Crippen molar-refractivity contribution in [3.8, 4) is 0 Å². The van der Waals surface area contributed by atoms with Crippen LogP contribution in [-0.4, -0.2) is 16.4 Å². The zero-order chi connectivity index (χ0) is 14.8. The summed E-state index contributed by atoms with van der Waals surface area (Å²) in [4.78, 5) is 21.7. The Balaban J connectivity index is 2.05. The number of nitrogens with one attached hydrogen (secondary N) is 1. The molecule has 1 aliphatic rings. The fraction of sp³-hybridized carbons (Fsp3) is 0.429. The molecule has 0 spiro atoms. The van der Waals surface area contributed by atoms with Crippen molar-refractivity contribution in [2.75, 3.05) is 5.43 Å². The summed E-state index contributed by atoms with van der Waals surface area (Å²) in [7, 11) is 0. The number of ketones is 1. The van der Waals surface area contributed by atoms with Crippen LogP contribution < -0.4 is 5.43 Å². The summed E-state index contributed by atoms with van der Waals surface area (Å²) in [6.07, 6.45) is 1.74. The quantitative estimate of drug-likeness (QED) is 0.678. The predicted molar refractivity (Wildman–Crippen MR) is 76.8 cm³/mol. The van der Waals surface area contributed by atoms with Crippen LogP contribution in [0, 0.1) is 15.5 Å². The van der Waals surface area contributed by atoms with Crippen molar-refractivity contribution in [1.82, 2.24) is 0 Å². The predicted octanol–water partition coefficient (Wildman–Crippen LogP) is 3.14. The maximum Gasteiger partial charge on any atom is 0.269 e. The molecule has 0 amide bonds. The van der Waals surface area contributed by atoms with Gasteiger partial charge in [0.25, 0.3) is 5.69 Å². The highest BCUT2D eigenvalue weighted by Gasteiger charge is 2.30. The number of carbonyl (C=O) groups is 1. The Labute approximate surface area is 117 Å². The summed E-state index contributed by atoms with van der Waals surface area (Å²) >= 11 is 0. The van der Waals surface area contributed by atoms with Gasteiger partial charge < -0.3 is 0 Å². The number of nitro groups is 1. The van der Waals surface area contributed by atoms with Crippen LogP contribution in [-0.2, 0) is 4.79 Å². The van der Waals surface area contributed by atoms with Gasteiger partial charge >= 0.3 is 0 Å². The van der Waals surface area contributed by atoms with E-state index in [4.69, 9.17) is 0 Å². The summed E-state index contributed by atoms with van der Waals surface area (Å²) in [5.74, 6) is 0.200. The standard InChI is InChI=1S/C14H17N3O3/c1-14(2)8-11(7-13(18)9-14)16-15-10-3-5-12(6-4-10)17(19)20/h3-6,15H,7-9H2,1-2H3/b16-11-. The highest BCUT2D eigenvalue weighted by Crippen LogP contribution is 2.31. The van der Waals surface area contributed by atoms with Crippen LogP contribution in [0.3, 0.4) is 0 Å². The minimum Gasteiger partial charge on any atom is -0.299 e. The molecule has 1 aromatic rings. The van der Waals surface area contributed by atoms with Crippen molar-refractivity contribution in [2.24, 2.45) is 10.5 Å². The van der Waals surface area contributed by atoms with E-state index in [2.05, 4.69) is 10.5 Å². The number of rotatable bonds is 3. The number of Topliss-reactive ketones (excluding diaryl/α,β-unsaturated/α-hetero) is 1. The van der Waals surface area contributed by atoms with Gasteiger partial charge in [-0.25, -0.2) is 0 Å². The number of hydrogen-bond donors (Lipinski definition) is 1. The number of hydrazone groups is 1. The summed E-state index contributed by atoms with van der Waals surface area (Å²) in [6.45, 7) is 4.09. The number of nitro benzene ring substituents is 1. The van der Waals surface area contributed by atoms with Crippen molar-refractivity contribution >= 4 is 22.9 Å². The smallest absolute Gasteiger partial charge is 0.269 e. The monoisotopic (exact) mass is 275 g/mol. The molecule has 1 aliphatic carbocycles. The lowest BCUT2D eigenvalue weighted by molar-refractivity contribution is -0.384. The van der Waals surface area contributed by atoms with Gasteiger partial charge in [0, 0.05) is 30.7 Å². The van der Waals surface area contributed by atoms with Crippen LogP contribution in [0.15, 0.2) is 29.4 Å². The average Bonchev–Trinajstić information content (AvgIpc) is 2.34. The van der Waals surface area contributed by atoms with E-state index < -0.39 is 4.92 Å². The van der Waals surface area contributed by atoms with Crippen molar-refractivity contribution in [3.05, 3.63) is 34.4 Å². The van der Waals surface area contributed by atoms with Crippen LogP contribution in [0.2, 0.25) is 0 Å². The van der Waals surface area contributed by atoms with Gasteiger partial charge in [0.05, 0.1) is 10.6 Å². The number of carbonyl (C=O) groups excluding carboxylic acids is 1. The highest BCUT2D eigenvalue weighted by molar-refractivity contribution is 6.05. The van der Waals surface area contributed by atoms with E-state index in [0.29, 0.717) is 18.5 Å². The molecule has 20 heavy (non-hydrogen) atoms. The van der Waals surface area contributed by atoms with E-state index in [-0.39, 0.29) is 16.9 Å². The summed E-state index contributed by atoms with van der Waals surface area (Å²) in [5, 5.41) is 14.8. The zero-order valence-corrected chi connectivity index (χ0v) is 11.5. The molecule has 1 fully saturated rings. The Hall–Kier alpha value is -2.24. The Kier molecular flexibility index (Phi) is 3.83. The second-order valence-corrected chi connectivity index (χ2v) is 5.83. The van der Waals surface area contributed by atoms with E-state index in [1.165, 1.54) is 12.1 Å². The van der Waals surface area contributed by atoms with Crippen LogP contribution in [0.25, 0.3) is 0 Å². The van der Waals surface area contributed by atoms with Gasteiger partial charge in [-0.15, -0.1) is 0 Å². The molecular formula is C14H17N3O3. The van der Waals surface area contributed by atoms with Crippen molar-refractivity contribution in [2.45, 2.75) is 33.1 Å². The first-order chi connectivity index (χ1) is 9.35. The molecule has 0 bridgehead atoms. The normalized spacial score (nSPS) is 19.9.